The number of ether oxygens (including phenoxy) is 1. The molecule has 0 saturated heterocycles. The molecule has 0 unspecified atom stereocenters. The van der Waals surface area contributed by atoms with Crippen LogP contribution in [0.25, 0.3) is 15.5 Å². The summed E-state index contributed by atoms with van der Waals surface area (Å²) >= 11 is 1.39. The first-order valence-electron chi connectivity index (χ1n) is 9.29. The highest BCUT2D eigenvalue weighted by Gasteiger charge is 2.15. The van der Waals surface area contributed by atoms with Crippen molar-refractivity contribution in [2.45, 2.75) is 6.54 Å². The molecule has 5 aromatic rings. The molecule has 0 fully saturated rings. The van der Waals surface area contributed by atoms with Crippen molar-refractivity contribution in [1.29, 1.82) is 0 Å². The van der Waals surface area contributed by atoms with Gasteiger partial charge in [0.15, 0.2) is 17.4 Å². The largest absolute Gasteiger partial charge is 0.454 e. The van der Waals surface area contributed by atoms with Crippen LogP contribution in [0.3, 0.4) is 0 Å². The topological polar surface area (TPSA) is 64.3 Å². The van der Waals surface area contributed by atoms with Crippen molar-refractivity contribution in [3.63, 3.8) is 0 Å². The first-order valence-corrected chi connectivity index (χ1v) is 10.1. The molecule has 2 heterocycles. The van der Waals surface area contributed by atoms with Gasteiger partial charge in [0.2, 0.25) is 4.96 Å². The highest BCUT2D eigenvalue weighted by atomic mass is 32.1. The monoisotopic (exact) mass is 417 g/mol. The number of nitrogens with zero attached hydrogens (tertiary/aromatic N) is 4. The molecule has 5 rings (SSSR count). The molecule has 0 atom stereocenters. The molecule has 1 N–H and O–H groups in total. The summed E-state index contributed by atoms with van der Waals surface area (Å²) in [5.74, 6) is 0.981. The predicted octanol–water partition coefficient (Wildman–Crippen LogP) is 5.40. The summed E-state index contributed by atoms with van der Waals surface area (Å²) in [7, 11) is 0. The molecule has 0 aliphatic rings. The van der Waals surface area contributed by atoms with Crippen LogP contribution < -0.4 is 10.1 Å². The van der Waals surface area contributed by atoms with Crippen molar-refractivity contribution in [2.75, 3.05) is 5.32 Å². The van der Waals surface area contributed by atoms with E-state index in [1.165, 1.54) is 17.4 Å². The van der Waals surface area contributed by atoms with Gasteiger partial charge in [0.1, 0.15) is 10.8 Å². The highest BCUT2D eigenvalue weighted by molar-refractivity contribution is 7.19. The second-order valence-electron chi connectivity index (χ2n) is 6.50. The summed E-state index contributed by atoms with van der Waals surface area (Å²) in [5, 5.41) is 17.1. The lowest BCUT2D eigenvalue weighted by Gasteiger charge is -2.07. The SMILES string of the molecule is Fc1ccc(-c2nn3c(CNc4ccccc4)nnc3s2)cc1Oc1ccccc1. The van der Waals surface area contributed by atoms with Crippen molar-refractivity contribution in [2.24, 2.45) is 0 Å². The molecule has 30 heavy (non-hydrogen) atoms. The van der Waals surface area contributed by atoms with Gasteiger partial charge < -0.3 is 10.1 Å². The minimum atomic E-state index is -0.432. The molecule has 0 aliphatic carbocycles. The number of halogens is 1. The molecule has 0 saturated carbocycles. The van der Waals surface area contributed by atoms with Gasteiger partial charge in [-0.05, 0) is 42.5 Å². The molecule has 148 valence electrons. The average molecular weight is 417 g/mol. The number of hydrogen-bond acceptors (Lipinski definition) is 6. The summed E-state index contributed by atoms with van der Waals surface area (Å²) in [6.07, 6.45) is 0. The zero-order chi connectivity index (χ0) is 20.3. The third-order valence-electron chi connectivity index (χ3n) is 4.43. The molecule has 2 aromatic heterocycles. The van der Waals surface area contributed by atoms with Gasteiger partial charge in [-0.1, -0.05) is 47.7 Å². The molecule has 0 amide bonds. The van der Waals surface area contributed by atoms with Crippen molar-refractivity contribution in [1.82, 2.24) is 19.8 Å². The van der Waals surface area contributed by atoms with Crippen LogP contribution in [0.4, 0.5) is 10.1 Å². The molecule has 3 aromatic carbocycles. The fourth-order valence-electron chi connectivity index (χ4n) is 2.95. The Morgan fingerprint density at radius 2 is 1.70 bits per heavy atom. The number of rotatable bonds is 6. The maximum Gasteiger partial charge on any atom is 0.235 e. The number of hydrogen-bond donors (Lipinski definition) is 1. The van der Waals surface area contributed by atoms with Crippen LogP contribution >= 0.6 is 11.3 Å². The maximum atomic E-state index is 14.3. The van der Waals surface area contributed by atoms with E-state index in [4.69, 9.17) is 4.74 Å². The highest BCUT2D eigenvalue weighted by Crippen LogP contribution is 2.32. The molecule has 0 bridgehead atoms. The quantitative estimate of drug-likeness (QED) is 0.401. The van der Waals surface area contributed by atoms with E-state index in [0.29, 0.717) is 28.1 Å². The number of fused-ring (bicyclic) bond motifs is 1. The second-order valence-corrected chi connectivity index (χ2v) is 7.45. The smallest absolute Gasteiger partial charge is 0.235 e. The molecule has 0 spiro atoms. The Labute approximate surface area is 175 Å². The molecule has 8 heteroatoms. The molecule has 6 nitrogen and oxygen atoms in total. The predicted molar refractivity (Wildman–Crippen MR) is 114 cm³/mol. The zero-order valence-corrected chi connectivity index (χ0v) is 16.5. The first-order chi connectivity index (χ1) is 14.8. The zero-order valence-electron chi connectivity index (χ0n) is 15.7. The van der Waals surface area contributed by atoms with Crippen molar-refractivity contribution >= 4 is 22.0 Å². The van der Waals surface area contributed by atoms with Crippen LogP contribution in [0.2, 0.25) is 0 Å². The van der Waals surface area contributed by atoms with Gasteiger partial charge >= 0.3 is 0 Å². The number of para-hydroxylation sites is 2. The van der Waals surface area contributed by atoms with Crippen molar-refractivity contribution in [3.05, 3.63) is 90.5 Å². The average Bonchev–Trinajstić information content (AvgIpc) is 3.37. The fraction of sp³-hybridized carbons (Fsp3) is 0.0455. The van der Waals surface area contributed by atoms with Gasteiger partial charge in [0, 0.05) is 11.3 Å². The Kier molecular flexibility index (Phi) is 4.82. The standard InChI is InChI=1S/C22H16FN5OS/c23-18-12-11-15(13-19(18)29-17-9-5-2-6-10-17)21-27-28-20(25-26-22(28)30-21)14-24-16-7-3-1-4-8-16/h1-13,24H,14H2. The van der Waals surface area contributed by atoms with E-state index in [-0.39, 0.29) is 5.75 Å². The number of aromatic nitrogens is 4. The van der Waals surface area contributed by atoms with Crippen molar-refractivity contribution < 1.29 is 9.13 Å². The lowest BCUT2D eigenvalue weighted by molar-refractivity contribution is 0.442. The maximum absolute atomic E-state index is 14.3. The minimum absolute atomic E-state index is 0.149. The van der Waals surface area contributed by atoms with E-state index < -0.39 is 5.82 Å². The molecular weight excluding hydrogens is 401 g/mol. The number of nitrogens with one attached hydrogen (secondary N) is 1. The molecule has 0 radical (unpaired) electrons. The third kappa shape index (κ3) is 3.72. The Bertz CT molecular complexity index is 1290. The number of anilines is 1. The Morgan fingerprint density at radius 3 is 2.50 bits per heavy atom. The Balaban J connectivity index is 1.41. The number of benzene rings is 3. The van der Waals surface area contributed by atoms with E-state index in [9.17, 15) is 4.39 Å². The van der Waals surface area contributed by atoms with Crippen LogP contribution in [0.15, 0.2) is 78.9 Å². The van der Waals surface area contributed by atoms with E-state index in [1.807, 2.05) is 48.5 Å². The van der Waals surface area contributed by atoms with Crippen LogP contribution in [-0.2, 0) is 6.54 Å². The van der Waals surface area contributed by atoms with E-state index in [0.717, 1.165) is 11.3 Å². The van der Waals surface area contributed by atoms with Crippen LogP contribution in [-0.4, -0.2) is 19.8 Å². The Hall–Kier alpha value is -3.78. The van der Waals surface area contributed by atoms with Crippen molar-refractivity contribution in [3.8, 4) is 22.1 Å². The fourth-order valence-corrected chi connectivity index (χ4v) is 3.81. The third-order valence-corrected chi connectivity index (χ3v) is 5.38. The van der Waals surface area contributed by atoms with Crippen LogP contribution in [0.5, 0.6) is 11.5 Å². The van der Waals surface area contributed by atoms with Gasteiger partial charge in [-0.2, -0.15) is 9.61 Å². The Morgan fingerprint density at radius 1 is 0.933 bits per heavy atom. The van der Waals surface area contributed by atoms with Gasteiger partial charge in [-0.15, -0.1) is 10.2 Å². The summed E-state index contributed by atoms with van der Waals surface area (Å²) in [5.41, 5.74) is 1.74. The first kappa shape index (κ1) is 18.3. The normalized spacial score (nSPS) is 11.0. The molecule has 0 aliphatic heterocycles. The van der Waals surface area contributed by atoms with E-state index in [1.54, 1.807) is 28.8 Å². The summed E-state index contributed by atoms with van der Waals surface area (Å²) in [4.78, 5) is 0.671. The van der Waals surface area contributed by atoms with E-state index in [2.05, 4.69) is 20.6 Å². The van der Waals surface area contributed by atoms with Crippen LogP contribution in [0, 0.1) is 5.82 Å². The van der Waals surface area contributed by atoms with Gasteiger partial charge in [-0.3, -0.25) is 0 Å². The van der Waals surface area contributed by atoms with Gasteiger partial charge in [-0.25, -0.2) is 4.39 Å². The van der Waals surface area contributed by atoms with Crippen LogP contribution in [0.1, 0.15) is 5.82 Å². The summed E-state index contributed by atoms with van der Waals surface area (Å²) in [6.45, 7) is 0.486. The van der Waals surface area contributed by atoms with Gasteiger partial charge in [0.25, 0.3) is 0 Å². The minimum Gasteiger partial charge on any atom is -0.454 e. The lowest BCUT2D eigenvalue weighted by Crippen LogP contribution is -2.04. The van der Waals surface area contributed by atoms with E-state index >= 15 is 0 Å². The lowest BCUT2D eigenvalue weighted by atomic mass is 10.2. The second kappa shape index (κ2) is 7.92. The summed E-state index contributed by atoms with van der Waals surface area (Å²) < 4.78 is 21.7. The molecular formula is C22H16FN5OS. The summed E-state index contributed by atoms with van der Waals surface area (Å²) in [6, 6.07) is 23.7. The van der Waals surface area contributed by atoms with Gasteiger partial charge in [0.05, 0.1) is 6.54 Å².